The highest BCUT2D eigenvalue weighted by atomic mass is 79.9. The van der Waals surface area contributed by atoms with Crippen LogP contribution in [0, 0.1) is 17.1 Å². The van der Waals surface area contributed by atoms with Crippen LogP contribution in [-0.2, 0) is 9.53 Å². The molecule has 2 rings (SSSR count). The number of esters is 1. The van der Waals surface area contributed by atoms with Crippen molar-refractivity contribution >= 4 is 33.5 Å². The number of hydrogen-bond acceptors (Lipinski definition) is 4. The maximum Gasteiger partial charge on any atom is 0.341 e. The zero-order valence-corrected chi connectivity index (χ0v) is 14.1. The van der Waals surface area contributed by atoms with E-state index in [-0.39, 0.29) is 11.1 Å². The zero-order chi connectivity index (χ0) is 17.7. The Morgan fingerprint density at radius 3 is 2.71 bits per heavy atom. The lowest BCUT2D eigenvalue weighted by Gasteiger charge is -2.14. The Bertz CT molecular complexity index is 833. The van der Waals surface area contributed by atoms with Gasteiger partial charge in [0.25, 0.3) is 5.91 Å². The standard InChI is InChI=1S/C17H12BrFN2O3/c1-10(16(22)21-15-5-3-2-4-11(15)9-20)24-17(23)13-8-12(18)6-7-14(13)19/h2-8,10H,1H3,(H,21,22)/t10-/m1/s1. The molecule has 7 heteroatoms. The van der Waals surface area contributed by atoms with Crippen LogP contribution in [0.3, 0.4) is 0 Å². The van der Waals surface area contributed by atoms with Crippen molar-refractivity contribution in [3.05, 3.63) is 63.9 Å². The highest BCUT2D eigenvalue weighted by Gasteiger charge is 2.22. The first-order chi connectivity index (χ1) is 11.4. The molecule has 0 aliphatic heterocycles. The average Bonchev–Trinajstić information content (AvgIpc) is 2.57. The van der Waals surface area contributed by atoms with Crippen LogP contribution >= 0.6 is 15.9 Å². The van der Waals surface area contributed by atoms with Crippen LogP contribution in [0.1, 0.15) is 22.8 Å². The van der Waals surface area contributed by atoms with Gasteiger partial charge in [-0.1, -0.05) is 28.1 Å². The molecule has 0 fully saturated rings. The summed E-state index contributed by atoms with van der Waals surface area (Å²) in [6, 6.07) is 12.2. The number of nitrogens with zero attached hydrogens (tertiary/aromatic N) is 1. The number of carbonyl (C=O) groups excluding carboxylic acids is 2. The summed E-state index contributed by atoms with van der Waals surface area (Å²) in [4.78, 5) is 24.1. The first kappa shape index (κ1) is 17.6. The van der Waals surface area contributed by atoms with Gasteiger partial charge in [0.05, 0.1) is 16.8 Å². The van der Waals surface area contributed by atoms with E-state index in [0.29, 0.717) is 10.2 Å². The minimum absolute atomic E-state index is 0.276. The van der Waals surface area contributed by atoms with Crippen LogP contribution in [0.4, 0.5) is 10.1 Å². The third kappa shape index (κ3) is 4.18. The van der Waals surface area contributed by atoms with Crippen molar-refractivity contribution in [2.45, 2.75) is 13.0 Å². The van der Waals surface area contributed by atoms with Crippen LogP contribution < -0.4 is 5.32 Å². The Labute approximate surface area is 146 Å². The van der Waals surface area contributed by atoms with Crippen molar-refractivity contribution in [3.8, 4) is 6.07 Å². The largest absolute Gasteiger partial charge is 0.449 e. The highest BCUT2D eigenvalue weighted by Crippen LogP contribution is 2.18. The van der Waals surface area contributed by atoms with E-state index in [0.717, 1.165) is 6.07 Å². The molecule has 0 bridgehead atoms. The van der Waals surface area contributed by atoms with E-state index in [1.807, 2.05) is 6.07 Å². The number of para-hydroxylation sites is 1. The van der Waals surface area contributed by atoms with Crippen molar-refractivity contribution in [1.29, 1.82) is 5.26 Å². The number of hydrogen-bond donors (Lipinski definition) is 1. The fourth-order valence-electron chi connectivity index (χ4n) is 1.86. The smallest absolute Gasteiger partial charge is 0.341 e. The van der Waals surface area contributed by atoms with E-state index >= 15 is 0 Å². The summed E-state index contributed by atoms with van der Waals surface area (Å²) in [5.74, 6) is -2.32. The van der Waals surface area contributed by atoms with E-state index in [1.54, 1.807) is 24.3 Å². The molecule has 0 radical (unpaired) electrons. The molecule has 0 unspecified atom stereocenters. The van der Waals surface area contributed by atoms with E-state index in [9.17, 15) is 14.0 Å². The molecular weight excluding hydrogens is 379 g/mol. The predicted molar refractivity (Wildman–Crippen MR) is 88.8 cm³/mol. The Balaban J connectivity index is 2.07. The van der Waals surface area contributed by atoms with Gasteiger partial charge < -0.3 is 10.1 Å². The minimum atomic E-state index is -1.16. The number of ether oxygens (including phenoxy) is 1. The van der Waals surface area contributed by atoms with Gasteiger partial charge in [0.2, 0.25) is 0 Å². The number of halogens is 2. The molecule has 2 aromatic rings. The lowest BCUT2D eigenvalue weighted by atomic mass is 10.2. The number of amides is 1. The Kier molecular flexibility index (Phi) is 5.66. The second-order valence-electron chi connectivity index (χ2n) is 4.82. The molecule has 1 atom stereocenters. The average molecular weight is 391 g/mol. The van der Waals surface area contributed by atoms with Crippen molar-refractivity contribution < 1.29 is 18.7 Å². The second kappa shape index (κ2) is 7.70. The number of nitrogens with one attached hydrogen (secondary N) is 1. The van der Waals surface area contributed by atoms with Gasteiger partial charge in [-0.05, 0) is 37.3 Å². The van der Waals surface area contributed by atoms with Gasteiger partial charge in [-0.15, -0.1) is 0 Å². The van der Waals surface area contributed by atoms with Gasteiger partial charge >= 0.3 is 5.97 Å². The van der Waals surface area contributed by atoms with Gasteiger partial charge in [0, 0.05) is 4.47 Å². The third-order valence-corrected chi connectivity index (χ3v) is 3.60. The molecule has 1 N–H and O–H groups in total. The number of anilines is 1. The van der Waals surface area contributed by atoms with Gasteiger partial charge in [0.1, 0.15) is 11.9 Å². The summed E-state index contributed by atoms with van der Waals surface area (Å²) < 4.78 is 19.2. The molecule has 0 heterocycles. The van der Waals surface area contributed by atoms with Crippen molar-refractivity contribution in [1.82, 2.24) is 0 Å². The van der Waals surface area contributed by atoms with Crippen molar-refractivity contribution in [2.75, 3.05) is 5.32 Å². The zero-order valence-electron chi connectivity index (χ0n) is 12.5. The van der Waals surface area contributed by atoms with Crippen LogP contribution in [0.2, 0.25) is 0 Å². The normalized spacial score (nSPS) is 11.2. The van der Waals surface area contributed by atoms with Crippen molar-refractivity contribution in [2.24, 2.45) is 0 Å². The third-order valence-electron chi connectivity index (χ3n) is 3.11. The van der Waals surface area contributed by atoms with E-state index in [2.05, 4.69) is 21.2 Å². The lowest BCUT2D eigenvalue weighted by Crippen LogP contribution is -2.30. The fourth-order valence-corrected chi connectivity index (χ4v) is 2.22. The fraction of sp³-hybridized carbons (Fsp3) is 0.118. The SMILES string of the molecule is C[C@@H](OC(=O)c1cc(Br)ccc1F)C(=O)Nc1ccccc1C#N. The first-order valence-electron chi connectivity index (χ1n) is 6.88. The molecule has 24 heavy (non-hydrogen) atoms. The monoisotopic (exact) mass is 390 g/mol. The Morgan fingerprint density at radius 2 is 2.00 bits per heavy atom. The first-order valence-corrected chi connectivity index (χ1v) is 7.67. The van der Waals surface area contributed by atoms with Crippen LogP contribution in [0.25, 0.3) is 0 Å². The van der Waals surface area contributed by atoms with Gasteiger partial charge in [0.15, 0.2) is 6.10 Å². The summed E-state index contributed by atoms with van der Waals surface area (Å²) >= 11 is 3.14. The van der Waals surface area contributed by atoms with E-state index < -0.39 is 23.8 Å². The molecule has 0 aliphatic rings. The Morgan fingerprint density at radius 1 is 1.29 bits per heavy atom. The molecular formula is C17H12BrFN2O3. The van der Waals surface area contributed by atoms with E-state index in [1.165, 1.54) is 19.1 Å². The molecule has 5 nitrogen and oxygen atoms in total. The number of carbonyl (C=O) groups is 2. The molecule has 0 saturated carbocycles. The number of benzene rings is 2. The molecule has 1 amide bonds. The summed E-state index contributed by atoms with van der Waals surface area (Å²) in [6.45, 7) is 1.36. The predicted octanol–water partition coefficient (Wildman–Crippen LogP) is 3.64. The molecule has 0 saturated heterocycles. The molecule has 0 aliphatic carbocycles. The maximum absolute atomic E-state index is 13.7. The Hall–Kier alpha value is -2.72. The maximum atomic E-state index is 13.7. The lowest BCUT2D eigenvalue weighted by molar-refractivity contribution is -0.123. The quantitative estimate of drug-likeness (QED) is 0.808. The number of rotatable bonds is 4. The minimum Gasteiger partial charge on any atom is -0.449 e. The topological polar surface area (TPSA) is 79.2 Å². The molecule has 2 aromatic carbocycles. The molecule has 0 spiro atoms. The summed E-state index contributed by atoms with van der Waals surface area (Å²) in [6.07, 6.45) is -1.16. The summed E-state index contributed by atoms with van der Waals surface area (Å²) in [7, 11) is 0. The molecule has 122 valence electrons. The van der Waals surface area contributed by atoms with Crippen LogP contribution in [0.15, 0.2) is 46.9 Å². The van der Waals surface area contributed by atoms with Crippen LogP contribution in [0.5, 0.6) is 0 Å². The van der Waals surface area contributed by atoms with Gasteiger partial charge in [-0.3, -0.25) is 4.79 Å². The van der Waals surface area contributed by atoms with Crippen LogP contribution in [-0.4, -0.2) is 18.0 Å². The second-order valence-corrected chi connectivity index (χ2v) is 5.73. The summed E-state index contributed by atoms with van der Waals surface area (Å²) in [5, 5.41) is 11.5. The number of nitriles is 1. The van der Waals surface area contributed by atoms with Gasteiger partial charge in [-0.25, -0.2) is 9.18 Å². The highest BCUT2D eigenvalue weighted by molar-refractivity contribution is 9.10. The van der Waals surface area contributed by atoms with Crippen molar-refractivity contribution in [3.63, 3.8) is 0 Å². The van der Waals surface area contributed by atoms with E-state index in [4.69, 9.17) is 10.00 Å². The van der Waals surface area contributed by atoms with Gasteiger partial charge in [-0.2, -0.15) is 5.26 Å². The summed E-state index contributed by atoms with van der Waals surface area (Å²) in [5.41, 5.74) is 0.311. The molecule has 0 aromatic heterocycles.